The van der Waals surface area contributed by atoms with E-state index >= 15 is 0 Å². The molecule has 154 valence electrons. The molecule has 0 aliphatic heterocycles. The predicted octanol–water partition coefficient (Wildman–Crippen LogP) is 5.84. The van der Waals surface area contributed by atoms with Crippen LogP contribution in [0.15, 0.2) is 97.1 Å². The van der Waals surface area contributed by atoms with Crippen LogP contribution in [-0.2, 0) is 10.2 Å². The number of carboxylic acid groups (broad SMARTS) is 1. The number of carboxylic acids is 1. The molecule has 0 spiro atoms. The maximum atomic E-state index is 11.0. The molecule has 30 heavy (non-hydrogen) atoms. The SMILES string of the molecule is O=C(O)C(S)CC=CCCC(c1ccccc1)(c1ccccc1)c1cccc(O)c1. The zero-order chi connectivity index (χ0) is 21.4. The molecule has 1 unspecified atom stereocenters. The van der Waals surface area contributed by atoms with Crippen molar-refractivity contribution in [1.82, 2.24) is 0 Å². The normalized spacial score (nSPS) is 12.7. The van der Waals surface area contributed by atoms with Gasteiger partial charge in [-0.15, -0.1) is 0 Å². The Labute approximate surface area is 183 Å². The van der Waals surface area contributed by atoms with Gasteiger partial charge < -0.3 is 10.2 Å². The highest BCUT2D eigenvalue weighted by Gasteiger charge is 2.35. The fourth-order valence-electron chi connectivity index (χ4n) is 3.89. The molecule has 1 atom stereocenters. The Morgan fingerprint density at radius 3 is 1.97 bits per heavy atom. The number of rotatable bonds is 9. The van der Waals surface area contributed by atoms with Crippen LogP contribution in [0.1, 0.15) is 36.0 Å². The van der Waals surface area contributed by atoms with Crippen molar-refractivity contribution in [2.75, 3.05) is 0 Å². The third kappa shape index (κ3) is 4.95. The second-order valence-corrected chi connectivity index (χ2v) is 7.91. The van der Waals surface area contributed by atoms with E-state index in [9.17, 15) is 9.90 Å². The Hall–Kier alpha value is -2.98. The molecule has 0 aliphatic carbocycles. The van der Waals surface area contributed by atoms with Gasteiger partial charge in [0.15, 0.2) is 0 Å². The molecule has 0 radical (unpaired) electrons. The minimum Gasteiger partial charge on any atom is -0.508 e. The predicted molar refractivity (Wildman–Crippen MR) is 124 cm³/mol. The van der Waals surface area contributed by atoms with Crippen molar-refractivity contribution in [2.24, 2.45) is 0 Å². The lowest BCUT2D eigenvalue weighted by atomic mass is 9.66. The Bertz CT molecular complexity index is 944. The number of carbonyl (C=O) groups is 1. The average Bonchev–Trinajstić information content (AvgIpc) is 2.77. The van der Waals surface area contributed by atoms with Gasteiger partial charge in [0.25, 0.3) is 0 Å². The molecule has 0 aliphatic rings. The number of hydrogen-bond donors (Lipinski definition) is 3. The lowest BCUT2D eigenvalue weighted by Gasteiger charge is -2.36. The van der Waals surface area contributed by atoms with Gasteiger partial charge >= 0.3 is 5.97 Å². The molecule has 3 nitrogen and oxygen atoms in total. The maximum absolute atomic E-state index is 11.0. The van der Waals surface area contributed by atoms with Gasteiger partial charge in [0, 0.05) is 5.41 Å². The number of allylic oxidation sites excluding steroid dienone is 2. The van der Waals surface area contributed by atoms with Crippen LogP contribution in [0.3, 0.4) is 0 Å². The molecule has 0 amide bonds. The summed E-state index contributed by atoms with van der Waals surface area (Å²) in [5.41, 5.74) is 2.87. The van der Waals surface area contributed by atoms with Gasteiger partial charge in [0.2, 0.25) is 0 Å². The molecule has 4 heteroatoms. The first-order valence-corrected chi connectivity index (χ1v) is 10.5. The molecule has 0 saturated carbocycles. The smallest absolute Gasteiger partial charge is 0.316 e. The minimum atomic E-state index is -0.911. The molecule has 0 aromatic heterocycles. The summed E-state index contributed by atoms with van der Waals surface area (Å²) in [4.78, 5) is 11.0. The van der Waals surface area contributed by atoms with E-state index in [0.29, 0.717) is 6.42 Å². The molecule has 0 fully saturated rings. The van der Waals surface area contributed by atoms with Crippen molar-refractivity contribution >= 4 is 18.6 Å². The third-order valence-electron chi connectivity index (χ3n) is 5.37. The summed E-state index contributed by atoms with van der Waals surface area (Å²) in [5, 5.41) is 18.5. The molecule has 2 N–H and O–H groups in total. The van der Waals surface area contributed by atoms with Gasteiger partial charge in [-0.2, -0.15) is 12.6 Å². The van der Waals surface area contributed by atoms with Crippen LogP contribution in [0, 0.1) is 0 Å². The highest BCUT2D eigenvalue weighted by atomic mass is 32.1. The van der Waals surface area contributed by atoms with E-state index in [-0.39, 0.29) is 5.75 Å². The van der Waals surface area contributed by atoms with Gasteiger partial charge in [-0.25, -0.2) is 0 Å². The minimum absolute atomic E-state index is 0.235. The summed E-state index contributed by atoms with van der Waals surface area (Å²) in [7, 11) is 0. The standard InChI is InChI=1S/C26H26O3S/c27-23-16-10-15-22(19-23)26(20-11-4-1-5-12-20,21-13-6-2-7-14-21)18-9-3-8-17-24(30)25(28)29/h1-8,10-16,19,24,27,30H,9,17-18H2,(H,28,29). The van der Waals surface area contributed by atoms with Crippen LogP contribution >= 0.6 is 12.6 Å². The van der Waals surface area contributed by atoms with E-state index in [1.807, 2.05) is 60.7 Å². The lowest BCUT2D eigenvalue weighted by Crippen LogP contribution is -2.29. The number of thiol groups is 1. The van der Waals surface area contributed by atoms with Crippen molar-refractivity contribution in [2.45, 2.75) is 29.9 Å². The van der Waals surface area contributed by atoms with Crippen molar-refractivity contribution in [3.8, 4) is 5.75 Å². The molecule has 3 aromatic rings. The van der Waals surface area contributed by atoms with Gasteiger partial charge in [-0.3, -0.25) is 4.79 Å². The molecule has 3 aromatic carbocycles. The molecule has 0 bridgehead atoms. The summed E-state index contributed by atoms with van der Waals surface area (Å²) in [6.07, 6.45) is 5.81. The quantitative estimate of drug-likeness (QED) is 0.233. The maximum Gasteiger partial charge on any atom is 0.316 e. The van der Waals surface area contributed by atoms with E-state index in [4.69, 9.17) is 5.11 Å². The number of phenolic OH excluding ortho intramolecular Hbond substituents is 1. The molecule has 0 saturated heterocycles. The fourth-order valence-corrected chi connectivity index (χ4v) is 4.02. The van der Waals surface area contributed by atoms with Gasteiger partial charge in [0.05, 0.1) is 0 Å². The Kier molecular flexibility index (Phi) is 7.36. The van der Waals surface area contributed by atoms with E-state index in [1.165, 1.54) is 0 Å². The lowest BCUT2D eigenvalue weighted by molar-refractivity contribution is -0.136. The number of phenols is 1. The van der Waals surface area contributed by atoms with Crippen molar-refractivity contribution in [3.63, 3.8) is 0 Å². The average molecular weight is 419 g/mol. The topological polar surface area (TPSA) is 57.5 Å². The van der Waals surface area contributed by atoms with Crippen LogP contribution in [-0.4, -0.2) is 21.4 Å². The zero-order valence-electron chi connectivity index (χ0n) is 16.7. The van der Waals surface area contributed by atoms with E-state index in [0.717, 1.165) is 29.5 Å². The van der Waals surface area contributed by atoms with Crippen LogP contribution in [0.25, 0.3) is 0 Å². The highest BCUT2D eigenvalue weighted by Crippen LogP contribution is 2.43. The molecule has 3 rings (SSSR count). The summed E-state index contributed by atoms with van der Waals surface area (Å²) in [6, 6.07) is 28.1. The summed E-state index contributed by atoms with van der Waals surface area (Å²) < 4.78 is 0. The van der Waals surface area contributed by atoms with Crippen LogP contribution in [0.5, 0.6) is 5.75 Å². The first kappa shape index (κ1) is 21.7. The monoisotopic (exact) mass is 418 g/mol. The highest BCUT2D eigenvalue weighted by molar-refractivity contribution is 7.81. The number of hydrogen-bond acceptors (Lipinski definition) is 3. The van der Waals surface area contributed by atoms with Crippen molar-refractivity contribution in [3.05, 3.63) is 114 Å². The molecule has 0 heterocycles. The number of benzene rings is 3. The Morgan fingerprint density at radius 2 is 1.43 bits per heavy atom. The summed E-state index contributed by atoms with van der Waals surface area (Å²) in [6.45, 7) is 0. The fraction of sp³-hybridized carbons (Fsp3) is 0.192. The van der Waals surface area contributed by atoms with Crippen LogP contribution < -0.4 is 0 Å². The van der Waals surface area contributed by atoms with E-state index < -0.39 is 16.6 Å². The van der Waals surface area contributed by atoms with Crippen LogP contribution in [0.4, 0.5) is 0 Å². The van der Waals surface area contributed by atoms with E-state index in [1.54, 1.807) is 6.07 Å². The summed E-state index contributed by atoms with van der Waals surface area (Å²) in [5.74, 6) is -0.677. The first-order chi connectivity index (χ1) is 14.5. The number of aliphatic carboxylic acids is 1. The van der Waals surface area contributed by atoms with Crippen molar-refractivity contribution in [1.29, 1.82) is 0 Å². The Balaban J connectivity index is 2.03. The molecular formula is C26H26O3S. The third-order valence-corrected chi connectivity index (χ3v) is 5.80. The number of aromatic hydroxyl groups is 1. The largest absolute Gasteiger partial charge is 0.508 e. The second-order valence-electron chi connectivity index (χ2n) is 7.29. The Morgan fingerprint density at radius 1 is 0.867 bits per heavy atom. The first-order valence-electron chi connectivity index (χ1n) is 10.0. The summed E-state index contributed by atoms with van der Waals surface area (Å²) >= 11 is 4.09. The van der Waals surface area contributed by atoms with Gasteiger partial charge in [0.1, 0.15) is 11.0 Å². The van der Waals surface area contributed by atoms with Crippen molar-refractivity contribution < 1.29 is 15.0 Å². The second kappa shape index (κ2) is 10.2. The zero-order valence-corrected chi connectivity index (χ0v) is 17.6. The van der Waals surface area contributed by atoms with E-state index in [2.05, 4.69) is 43.0 Å². The molecular weight excluding hydrogens is 392 g/mol. The van der Waals surface area contributed by atoms with Crippen LogP contribution in [0.2, 0.25) is 0 Å². The van der Waals surface area contributed by atoms with Gasteiger partial charge in [-0.05, 0) is 48.1 Å². The van der Waals surface area contributed by atoms with Gasteiger partial charge in [-0.1, -0.05) is 84.9 Å².